The number of ether oxygens (including phenoxy) is 1. The lowest BCUT2D eigenvalue weighted by molar-refractivity contribution is 0.0662. The fourth-order valence-electron chi connectivity index (χ4n) is 2.19. The van der Waals surface area contributed by atoms with Crippen LogP contribution in [0.1, 0.15) is 24.0 Å². The van der Waals surface area contributed by atoms with E-state index in [1.165, 1.54) is 6.07 Å². The molecule has 0 aromatic heterocycles. The molecule has 2 rings (SSSR count). The minimum atomic E-state index is -0.154. The normalized spacial score (nSPS) is 17.3. The Morgan fingerprint density at radius 1 is 1.35 bits per heavy atom. The van der Waals surface area contributed by atoms with Gasteiger partial charge in [0.05, 0.1) is 0 Å². The lowest BCUT2D eigenvalue weighted by Crippen LogP contribution is -2.27. The molecule has 0 atom stereocenters. The lowest BCUT2D eigenvalue weighted by atomic mass is 10.0. The van der Waals surface area contributed by atoms with Gasteiger partial charge in [0.2, 0.25) is 0 Å². The van der Waals surface area contributed by atoms with E-state index in [2.05, 4.69) is 5.32 Å². The van der Waals surface area contributed by atoms with E-state index in [4.69, 9.17) is 4.74 Å². The van der Waals surface area contributed by atoms with E-state index in [0.717, 1.165) is 50.3 Å². The van der Waals surface area contributed by atoms with Crippen LogP contribution >= 0.6 is 0 Å². The number of rotatable bonds is 4. The van der Waals surface area contributed by atoms with Gasteiger partial charge < -0.3 is 10.1 Å². The molecule has 0 saturated carbocycles. The number of halogens is 1. The van der Waals surface area contributed by atoms with Gasteiger partial charge in [0.15, 0.2) is 0 Å². The zero-order valence-corrected chi connectivity index (χ0v) is 10.3. The van der Waals surface area contributed by atoms with E-state index in [0.29, 0.717) is 5.92 Å². The Kier molecular flexibility index (Phi) is 4.51. The molecule has 1 aliphatic heterocycles. The maximum Gasteiger partial charge on any atom is 0.123 e. The Morgan fingerprint density at radius 3 is 2.88 bits per heavy atom. The summed E-state index contributed by atoms with van der Waals surface area (Å²) in [5, 5.41) is 3.42. The van der Waals surface area contributed by atoms with Crippen molar-refractivity contribution in [1.82, 2.24) is 5.32 Å². The monoisotopic (exact) mass is 237 g/mol. The van der Waals surface area contributed by atoms with E-state index in [1.807, 2.05) is 13.0 Å². The standard InChI is InChI=1S/C14H20FNO/c1-11-2-3-14(15)8-13(11)10-16-9-12-4-6-17-7-5-12/h2-3,8,12,16H,4-7,9-10H2,1H3. The first kappa shape index (κ1) is 12.5. The number of hydrogen-bond acceptors (Lipinski definition) is 2. The molecule has 17 heavy (non-hydrogen) atoms. The Balaban J connectivity index is 1.79. The van der Waals surface area contributed by atoms with Gasteiger partial charge in [0.25, 0.3) is 0 Å². The van der Waals surface area contributed by atoms with Crippen molar-refractivity contribution in [2.24, 2.45) is 5.92 Å². The van der Waals surface area contributed by atoms with Crippen molar-refractivity contribution in [3.63, 3.8) is 0 Å². The lowest BCUT2D eigenvalue weighted by Gasteiger charge is -2.22. The van der Waals surface area contributed by atoms with Crippen LogP contribution in [0.15, 0.2) is 18.2 Å². The van der Waals surface area contributed by atoms with E-state index in [1.54, 1.807) is 6.07 Å². The third-order valence-electron chi connectivity index (χ3n) is 3.40. The van der Waals surface area contributed by atoms with Gasteiger partial charge in [-0.3, -0.25) is 0 Å². The van der Waals surface area contributed by atoms with Crippen LogP contribution in [0.4, 0.5) is 4.39 Å². The Labute approximate surface area is 102 Å². The highest BCUT2D eigenvalue weighted by atomic mass is 19.1. The molecule has 2 nitrogen and oxygen atoms in total. The van der Waals surface area contributed by atoms with Crippen molar-refractivity contribution in [3.8, 4) is 0 Å². The first-order valence-corrected chi connectivity index (χ1v) is 6.29. The first-order chi connectivity index (χ1) is 8.25. The average molecular weight is 237 g/mol. The van der Waals surface area contributed by atoms with Crippen LogP contribution in [0.25, 0.3) is 0 Å². The Morgan fingerprint density at radius 2 is 2.12 bits per heavy atom. The highest BCUT2D eigenvalue weighted by Crippen LogP contribution is 2.14. The van der Waals surface area contributed by atoms with Crippen LogP contribution < -0.4 is 5.32 Å². The maximum atomic E-state index is 13.1. The van der Waals surface area contributed by atoms with Crippen molar-refractivity contribution >= 4 is 0 Å². The van der Waals surface area contributed by atoms with Crippen molar-refractivity contribution < 1.29 is 9.13 Å². The molecule has 0 spiro atoms. The van der Waals surface area contributed by atoms with Gasteiger partial charge >= 0.3 is 0 Å². The molecule has 1 heterocycles. The van der Waals surface area contributed by atoms with Crippen LogP contribution in [0.3, 0.4) is 0 Å². The molecule has 3 heteroatoms. The molecule has 1 fully saturated rings. The average Bonchev–Trinajstić information content (AvgIpc) is 2.35. The van der Waals surface area contributed by atoms with Gasteiger partial charge in [-0.2, -0.15) is 0 Å². The van der Waals surface area contributed by atoms with Gasteiger partial charge in [-0.25, -0.2) is 4.39 Å². The predicted molar refractivity (Wildman–Crippen MR) is 66.4 cm³/mol. The molecule has 1 saturated heterocycles. The summed E-state index contributed by atoms with van der Waals surface area (Å²) in [6.45, 7) is 5.53. The van der Waals surface area contributed by atoms with Crippen molar-refractivity contribution in [1.29, 1.82) is 0 Å². The smallest absolute Gasteiger partial charge is 0.123 e. The van der Waals surface area contributed by atoms with Crippen LogP contribution in [-0.2, 0) is 11.3 Å². The summed E-state index contributed by atoms with van der Waals surface area (Å²) in [5.41, 5.74) is 2.20. The summed E-state index contributed by atoms with van der Waals surface area (Å²) in [5.74, 6) is 0.552. The van der Waals surface area contributed by atoms with Crippen molar-refractivity contribution in [2.75, 3.05) is 19.8 Å². The molecular formula is C14H20FNO. The second-order valence-electron chi connectivity index (χ2n) is 4.76. The van der Waals surface area contributed by atoms with E-state index in [9.17, 15) is 4.39 Å². The number of nitrogens with one attached hydrogen (secondary N) is 1. The van der Waals surface area contributed by atoms with Gasteiger partial charge in [0.1, 0.15) is 5.82 Å². The summed E-state index contributed by atoms with van der Waals surface area (Å²) in [4.78, 5) is 0. The highest BCUT2D eigenvalue weighted by molar-refractivity contribution is 5.26. The Bertz CT molecular complexity index is 361. The third kappa shape index (κ3) is 3.79. The molecule has 0 bridgehead atoms. The molecule has 0 amide bonds. The molecular weight excluding hydrogens is 217 g/mol. The van der Waals surface area contributed by atoms with E-state index >= 15 is 0 Å². The minimum Gasteiger partial charge on any atom is -0.381 e. The number of benzene rings is 1. The summed E-state index contributed by atoms with van der Waals surface area (Å²) in [6.07, 6.45) is 2.27. The fourth-order valence-corrected chi connectivity index (χ4v) is 2.19. The SMILES string of the molecule is Cc1ccc(F)cc1CNCC1CCOCC1. The number of aryl methyl sites for hydroxylation is 1. The topological polar surface area (TPSA) is 21.3 Å². The molecule has 1 aromatic carbocycles. The van der Waals surface area contributed by atoms with E-state index in [-0.39, 0.29) is 5.82 Å². The number of hydrogen-bond donors (Lipinski definition) is 1. The predicted octanol–water partition coefficient (Wildman–Crippen LogP) is 2.65. The van der Waals surface area contributed by atoms with Crippen LogP contribution in [0, 0.1) is 18.7 Å². The fraction of sp³-hybridized carbons (Fsp3) is 0.571. The zero-order valence-electron chi connectivity index (χ0n) is 10.3. The molecule has 1 aliphatic rings. The van der Waals surface area contributed by atoms with E-state index < -0.39 is 0 Å². The van der Waals surface area contributed by atoms with Crippen LogP contribution in [0.5, 0.6) is 0 Å². The first-order valence-electron chi connectivity index (χ1n) is 6.29. The van der Waals surface area contributed by atoms with Crippen molar-refractivity contribution in [2.45, 2.75) is 26.3 Å². The third-order valence-corrected chi connectivity index (χ3v) is 3.40. The summed E-state index contributed by atoms with van der Waals surface area (Å²) in [7, 11) is 0. The molecule has 1 N–H and O–H groups in total. The van der Waals surface area contributed by atoms with Gasteiger partial charge in [-0.05, 0) is 55.5 Å². The molecule has 0 unspecified atom stereocenters. The van der Waals surface area contributed by atoms with Crippen LogP contribution in [-0.4, -0.2) is 19.8 Å². The molecule has 1 aromatic rings. The summed E-state index contributed by atoms with van der Waals surface area (Å²) < 4.78 is 18.4. The highest BCUT2D eigenvalue weighted by Gasteiger charge is 2.13. The molecule has 0 radical (unpaired) electrons. The zero-order chi connectivity index (χ0) is 12.1. The quantitative estimate of drug-likeness (QED) is 0.869. The summed E-state index contributed by atoms with van der Waals surface area (Å²) >= 11 is 0. The maximum absolute atomic E-state index is 13.1. The van der Waals surface area contributed by atoms with Crippen molar-refractivity contribution in [3.05, 3.63) is 35.1 Å². The Hall–Kier alpha value is -0.930. The van der Waals surface area contributed by atoms with Gasteiger partial charge in [-0.15, -0.1) is 0 Å². The second-order valence-corrected chi connectivity index (χ2v) is 4.76. The van der Waals surface area contributed by atoms with Crippen LogP contribution in [0.2, 0.25) is 0 Å². The van der Waals surface area contributed by atoms with Gasteiger partial charge in [-0.1, -0.05) is 6.07 Å². The largest absolute Gasteiger partial charge is 0.381 e. The molecule has 94 valence electrons. The van der Waals surface area contributed by atoms with Gasteiger partial charge in [0, 0.05) is 19.8 Å². The molecule has 0 aliphatic carbocycles. The second kappa shape index (κ2) is 6.12. The summed E-state index contributed by atoms with van der Waals surface area (Å²) in [6, 6.07) is 4.96. The minimum absolute atomic E-state index is 0.154.